The van der Waals surface area contributed by atoms with Crippen LogP contribution in [0.4, 0.5) is 0 Å². The molecule has 0 saturated carbocycles. The quantitative estimate of drug-likeness (QED) is 0.306. The van der Waals surface area contributed by atoms with Crippen molar-refractivity contribution in [2.45, 2.75) is 0 Å². The standard InChI is InChI=1S/C14H6S5/c1-3-15-11-7(5-17-9(1)11)8-6-18-14-12(8)19-10-2-4-16-13(10)14/h1-6H. The van der Waals surface area contributed by atoms with Crippen molar-refractivity contribution < 1.29 is 0 Å². The summed E-state index contributed by atoms with van der Waals surface area (Å²) < 4.78 is 8.71. The van der Waals surface area contributed by atoms with E-state index in [1.54, 1.807) is 0 Å². The summed E-state index contributed by atoms with van der Waals surface area (Å²) in [6.07, 6.45) is 0. The zero-order chi connectivity index (χ0) is 12.4. The first-order chi connectivity index (χ1) is 9.42. The van der Waals surface area contributed by atoms with Gasteiger partial charge >= 0.3 is 0 Å². The van der Waals surface area contributed by atoms with Crippen LogP contribution in [0.5, 0.6) is 0 Å². The maximum Gasteiger partial charge on any atom is 0.0635 e. The molecule has 5 heteroatoms. The fourth-order valence-corrected chi connectivity index (χ4v) is 8.31. The average molecular weight is 335 g/mol. The van der Waals surface area contributed by atoms with Gasteiger partial charge in [0.15, 0.2) is 0 Å². The van der Waals surface area contributed by atoms with Gasteiger partial charge in [0.1, 0.15) is 0 Å². The molecular formula is C14H6S5. The van der Waals surface area contributed by atoms with E-state index < -0.39 is 0 Å². The molecule has 0 atom stereocenters. The third kappa shape index (κ3) is 1.42. The predicted molar refractivity (Wildman–Crippen MR) is 93.8 cm³/mol. The van der Waals surface area contributed by atoms with Crippen molar-refractivity contribution in [3.63, 3.8) is 0 Å². The van der Waals surface area contributed by atoms with Gasteiger partial charge in [0.25, 0.3) is 0 Å². The van der Waals surface area contributed by atoms with Crippen molar-refractivity contribution in [2.24, 2.45) is 0 Å². The first-order valence-corrected chi connectivity index (χ1v) is 10.1. The Bertz CT molecular complexity index is 1020. The molecule has 5 heterocycles. The second-order valence-corrected chi connectivity index (χ2v) is 8.96. The highest BCUT2D eigenvalue weighted by Gasteiger charge is 2.16. The molecule has 0 nitrogen and oxygen atoms in total. The summed E-state index contributed by atoms with van der Waals surface area (Å²) in [5.74, 6) is 0. The maximum atomic E-state index is 2.33. The van der Waals surface area contributed by atoms with E-state index in [4.69, 9.17) is 0 Å². The normalized spacial score (nSPS) is 12.2. The Kier molecular flexibility index (Phi) is 2.26. The fourth-order valence-electron chi connectivity index (χ4n) is 2.39. The van der Waals surface area contributed by atoms with Gasteiger partial charge in [-0.05, 0) is 22.9 Å². The SMILES string of the molecule is c1cc2scc(-c3csc4c3sc3ccsc34)c2s1. The Morgan fingerprint density at radius 3 is 2.26 bits per heavy atom. The van der Waals surface area contributed by atoms with Crippen LogP contribution in [0.15, 0.2) is 33.7 Å². The van der Waals surface area contributed by atoms with E-state index in [1.807, 2.05) is 56.7 Å². The molecule has 0 amide bonds. The summed E-state index contributed by atoms with van der Waals surface area (Å²) in [5.41, 5.74) is 2.86. The van der Waals surface area contributed by atoms with Gasteiger partial charge in [-0.2, -0.15) is 0 Å². The highest BCUT2D eigenvalue weighted by Crippen LogP contribution is 2.48. The average Bonchev–Trinajstić information content (AvgIpc) is 3.12. The minimum Gasteiger partial charge on any atom is -0.142 e. The van der Waals surface area contributed by atoms with Crippen LogP contribution in [-0.2, 0) is 0 Å². The molecule has 0 unspecified atom stereocenters. The van der Waals surface area contributed by atoms with Crippen LogP contribution in [0.25, 0.3) is 39.3 Å². The van der Waals surface area contributed by atoms with E-state index in [0.29, 0.717) is 0 Å². The molecule has 0 aliphatic rings. The van der Waals surface area contributed by atoms with Gasteiger partial charge in [0.2, 0.25) is 0 Å². The third-order valence-electron chi connectivity index (χ3n) is 3.26. The van der Waals surface area contributed by atoms with Crippen molar-refractivity contribution in [2.75, 3.05) is 0 Å². The Hall–Kier alpha value is -0.720. The van der Waals surface area contributed by atoms with Gasteiger partial charge in [-0.3, -0.25) is 0 Å². The monoisotopic (exact) mass is 334 g/mol. The minimum atomic E-state index is 1.41. The van der Waals surface area contributed by atoms with Crippen molar-refractivity contribution in [3.05, 3.63) is 33.7 Å². The molecular weight excluding hydrogens is 328 g/mol. The molecule has 0 spiro atoms. The van der Waals surface area contributed by atoms with Crippen LogP contribution in [0.1, 0.15) is 0 Å². The summed E-state index contributed by atoms with van der Waals surface area (Å²) in [5, 5.41) is 9.04. The highest BCUT2D eigenvalue weighted by atomic mass is 32.1. The van der Waals surface area contributed by atoms with Gasteiger partial charge in [0.05, 0.1) is 18.8 Å². The smallest absolute Gasteiger partial charge is 0.0635 e. The molecule has 19 heavy (non-hydrogen) atoms. The Balaban J connectivity index is 1.91. The van der Waals surface area contributed by atoms with Gasteiger partial charge in [-0.1, -0.05) is 0 Å². The van der Waals surface area contributed by atoms with Crippen molar-refractivity contribution in [1.82, 2.24) is 0 Å². The first-order valence-electron chi connectivity index (χ1n) is 5.74. The van der Waals surface area contributed by atoms with E-state index in [1.165, 1.54) is 39.3 Å². The highest BCUT2D eigenvalue weighted by molar-refractivity contribution is 7.38. The lowest BCUT2D eigenvalue weighted by molar-refractivity contribution is 2.01. The largest absolute Gasteiger partial charge is 0.142 e. The van der Waals surface area contributed by atoms with Crippen LogP contribution in [0.2, 0.25) is 0 Å². The second kappa shape index (κ2) is 3.90. The van der Waals surface area contributed by atoms with Crippen LogP contribution in [0, 0.1) is 0 Å². The molecule has 0 radical (unpaired) electrons. The number of hydrogen-bond acceptors (Lipinski definition) is 5. The topological polar surface area (TPSA) is 0 Å². The summed E-state index contributed by atoms with van der Waals surface area (Å²) in [6, 6.07) is 4.47. The van der Waals surface area contributed by atoms with Crippen molar-refractivity contribution in [1.29, 1.82) is 0 Å². The lowest BCUT2D eigenvalue weighted by atomic mass is 10.2. The summed E-state index contributed by atoms with van der Waals surface area (Å²) in [7, 11) is 0. The van der Waals surface area contributed by atoms with E-state index in [-0.39, 0.29) is 0 Å². The van der Waals surface area contributed by atoms with Gasteiger partial charge in [0, 0.05) is 31.3 Å². The summed E-state index contributed by atoms with van der Waals surface area (Å²) >= 11 is 9.42. The van der Waals surface area contributed by atoms with Gasteiger partial charge < -0.3 is 0 Å². The second-order valence-electron chi connectivity index (χ2n) is 4.29. The van der Waals surface area contributed by atoms with E-state index >= 15 is 0 Å². The zero-order valence-electron chi connectivity index (χ0n) is 9.51. The molecule has 0 fully saturated rings. The molecule has 0 N–H and O–H groups in total. The molecule has 0 aliphatic heterocycles. The maximum absolute atomic E-state index is 2.33. The van der Waals surface area contributed by atoms with Gasteiger partial charge in [-0.15, -0.1) is 56.7 Å². The molecule has 5 aromatic rings. The first kappa shape index (κ1) is 11.0. The molecule has 0 aromatic carbocycles. The van der Waals surface area contributed by atoms with Crippen LogP contribution in [0.3, 0.4) is 0 Å². The van der Waals surface area contributed by atoms with E-state index in [2.05, 4.69) is 33.7 Å². The number of hydrogen-bond donors (Lipinski definition) is 0. The number of rotatable bonds is 1. The molecule has 92 valence electrons. The van der Waals surface area contributed by atoms with Crippen LogP contribution < -0.4 is 0 Å². The number of fused-ring (bicyclic) bond motifs is 4. The van der Waals surface area contributed by atoms with Crippen LogP contribution in [-0.4, -0.2) is 0 Å². The molecule has 0 bridgehead atoms. The molecule has 5 rings (SSSR count). The van der Waals surface area contributed by atoms with Crippen molar-refractivity contribution in [3.8, 4) is 11.1 Å². The Morgan fingerprint density at radius 1 is 0.579 bits per heavy atom. The molecule has 0 aliphatic carbocycles. The lowest BCUT2D eigenvalue weighted by Crippen LogP contribution is -1.65. The Morgan fingerprint density at radius 2 is 1.32 bits per heavy atom. The predicted octanol–water partition coefficient (Wildman–Crippen LogP) is 7.12. The third-order valence-corrected chi connectivity index (χ3v) is 8.79. The Labute approximate surface area is 129 Å². The fraction of sp³-hybridized carbons (Fsp3) is 0. The summed E-state index contributed by atoms with van der Waals surface area (Å²) in [6.45, 7) is 0. The zero-order valence-corrected chi connectivity index (χ0v) is 13.6. The van der Waals surface area contributed by atoms with Gasteiger partial charge in [-0.25, -0.2) is 0 Å². The number of thiophene rings is 5. The molecule has 0 saturated heterocycles. The minimum absolute atomic E-state index is 1.41. The van der Waals surface area contributed by atoms with Crippen molar-refractivity contribution >= 4 is 84.9 Å². The van der Waals surface area contributed by atoms with E-state index in [0.717, 1.165) is 0 Å². The molecule has 5 aromatic heterocycles. The van der Waals surface area contributed by atoms with E-state index in [9.17, 15) is 0 Å². The lowest BCUT2D eigenvalue weighted by Gasteiger charge is -1.92. The van der Waals surface area contributed by atoms with Crippen LogP contribution >= 0.6 is 56.7 Å². The summed E-state index contributed by atoms with van der Waals surface area (Å²) in [4.78, 5) is 0.